The number of carbonyl (C=O) groups is 2. The first-order valence-electron chi connectivity index (χ1n) is 6.96. The largest absolute Gasteiger partial charge is 0.481 e. The lowest BCUT2D eigenvalue weighted by molar-refractivity contribution is -0.148. The molecule has 0 saturated heterocycles. The van der Waals surface area contributed by atoms with Crippen molar-refractivity contribution in [2.24, 2.45) is 0 Å². The second-order valence-corrected chi connectivity index (χ2v) is 4.99. The maximum absolute atomic E-state index is 11.7. The van der Waals surface area contributed by atoms with Gasteiger partial charge in [0, 0.05) is 12.8 Å². The Morgan fingerprint density at radius 1 is 1.10 bits per heavy atom. The molecular formula is C17H18O4. The third-order valence-electron chi connectivity index (χ3n) is 3.32. The molecule has 0 aromatic heterocycles. The van der Waals surface area contributed by atoms with Crippen molar-refractivity contribution in [2.75, 3.05) is 0 Å². The Kier molecular flexibility index (Phi) is 4.93. The summed E-state index contributed by atoms with van der Waals surface area (Å²) < 4.78 is 5.34. The van der Waals surface area contributed by atoms with Crippen LogP contribution >= 0.6 is 0 Å². The Bertz CT molecular complexity index is 648. The summed E-state index contributed by atoms with van der Waals surface area (Å²) in [7, 11) is 0. The molecule has 2 rings (SSSR count). The van der Waals surface area contributed by atoms with E-state index in [4.69, 9.17) is 9.84 Å². The fraction of sp³-hybridized carbons (Fsp3) is 0.294. The smallest absolute Gasteiger partial charge is 0.306 e. The number of hydrogen-bond acceptors (Lipinski definition) is 3. The van der Waals surface area contributed by atoms with Crippen LogP contribution in [-0.2, 0) is 14.3 Å². The number of carboxylic acid groups (broad SMARTS) is 1. The highest BCUT2D eigenvalue weighted by Crippen LogP contribution is 2.23. The molecule has 0 spiro atoms. The maximum atomic E-state index is 11.7. The third kappa shape index (κ3) is 4.31. The van der Waals surface area contributed by atoms with Crippen molar-refractivity contribution in [1.82, 2.24) is 0 Å². The summed E-state index contributed by atoms with van der Waals surface area (Å²) in [6.07, 6.45) is 0.0781. The van der Waals surface area contributed by atoms with Crippen LogP contribution < -0.4 is 0 Å². The van der Waals surface area contributed by atoms with Crippen molar-refractivity contribution < 1.29 is 19.4 Å². The predicted octanol–water partition coefficient (Wildman–Crippen LogP) is 3.70. The molecule has 110 valence electrons. The minimum Gasteiger partial charge on any atom is -0.481 e. The predicted molar refractivity (Wildman–Crippen MR) is 79.9 cm³/mol. The number of esters is 1. The number of fused-ring (bicyclic) bond motifs is 1. The lowest BCUT2D eigenvalue weighted by Crippen LogP contribution is -2.09. The fourth-order valence-corrected chi connectivity index (χ4v) is 2.17. The standard InChI is InChI=1S/C17H18O4/c1-12(21-17(20)8-4-7-16(18)19)14-10-9-13-5-2-3-6-15(13)11-14/h2-3,5-6,9-12H,4,7-8H2,1H3,(H,18,19). The van der Waals surface area contributed by atoms with Crippen LogP contribution in [0, 0.1) is 0 Å². The molecule has 0 amide bonds. The third-order valence-corrected chi connectivity index (χ3v) is 3.32. The van der Waals surface area contributed by atoms with Crippen LogP contribution in [0.2, 0.25) is 0 Å². The summed E-state index contributed by atoms with van der Waals surface area (Å²) in [4.78, 5) is 22.1. The van der Waals surface area contributed by atoms with Crippen molar-refractivity contribution in [1.29, 1.82) is 0 Å². The summed E-state index contributed by atoms with van der Waals surface area (Å²) in [6.45, 7) is 1.82. The number of carbonyl (C=O) groups excluding carboxylic acids is 1. The van der Waals surface area contributed by atoms with Gasteiger partial charge in [0.2, 0.25) is 0 Å². The van der Waals surface area contributed by atoms with Gasteiger partial charge in [-0.25, -0.2) is 0 Å². The van der Waals surface area contributed by atoms with Gasteiger partial charge >= 0.3 is 11.9 Å². The second-order valence-electron chi connectivity index (χ2n) is 4.99. The number of benzene rings is 2. The van der Waals surface area contributed by atoms with Gasteiger partial charge in [-0.1, -0.05) is 36.4 Å². The van der Waals surface area contributed by atoms with Crippen LogP contribution in [0.15, 0.2) is 42.5 Å². The zero-order valence-electron chi connectivity index (χ0n) is 11.9. The van der Waals surface area contributed by atoms with E-state index in [0.717, 1.165) is 16.3 Å². The van der Waals surface area contributed by atoms with E-state index in [0.29, 0.717) is 6.42 Å². The highest BCUT2D eigenvalue weighted by atomic mass is 16.5. The monoisotopic (exact) mass is 286 g/mol. The molecule has 1 N–H and O–H groups in total. The van der Waals surface area contributed by atoms with E-state index in [1.165, 1.54) is 0 Å². The molecular weight excluding hydrogens is 268 g/mol. The van der Waals surface area contributed by atoms with Gasteiger partial charge < -0.3 is 9.84 Å². The van der Waals surface area contributed by atoms with Gasteiger partial charge in [-0.15, -0.1) is 0 Å². The molecule has 21 heavy (non-hydrogen) atoms. The van der Waals surface area contributed by atoms with Crippen LogP contribution in [0.3, 0.4) is 0 Å². The van der Waals surface area contributed by atoms with E-state index in [2.05, 4.69) is 0 Å². The number of carboxylic acids is 1. The van der Waals surface area contributed by atoms with Crippen molar-refractivity contribution in [2.45, 2.75) is 32.3 Å². The number of hydrogen-bond donors (Lipinski definition) is 1. The Morgan fingerprint density at radius 2 is 1.81 bits per heavy atom. The number of ether oxygens (including phenoxy) is 1. The van der Waals surface area contributed by atoms with Gasteiger partial charge in [0.25, 0.3) is 0 Å². The second kappa shape index (κ2) is 6.88. The maximum Gasteiger partial charge on any atom is 0.306 e. The average molecular weight is 286 g/mol. The Labute approximate surface area is 123 Å². The molecule has 1 atom stereocenters. The molecule has 0 aliphatic rings. The number of aliphatic carboxylic acids is 1. The van der Waals surface area contributed by atoms with Crippen LogP contribution in [0.4, 0.5) is 0 Å². The summed E-state index contributed by atoms with van der Waals surface area (Å²) >= 11 is 0. The average Bonchev–Trinajstić information content (AvgIpc) is 2.46. The molecule has 0 aliphatic carbocycles. The SMILES string of the molecule is CC(OC(=O)CCCC(=O)O)c1ccc2ccccc2c1. The molecule has 0 bridgehead atoms. The number of rotatable bonds is 6. The zero-order chi connectivity index (χ0) is 15.2. The molecule has 0 heterocycles. The quantitative estimate of drug-likeness (QED) is 0.822. The van der Waals surface area contributed by atoms with E-state index >= 15 is 0 Å². The Hall–Kier alpha value is -2.36. The van der Waals surface area contributed by atoms with Gasteiger partial charge in [-0.2, -0.15) is 0 Å². The topological polar surface area (TPSA) is 63.6 Å². The molecule has 2 aromatic rings. The first-order chi connectivity index (χ1) is 10.1. The lowest BCUT2D eigenvalue weighted by atomic mass is 10.0. The van der Waals surface area contributed by atoms with E-state index in [1.54, 1.807) is 0 Å². The van der Waals surface area contributed by atoms with Crippen LogP contribution in [0.5, 0.6) is 0 Å². The molecule has 4 nitrogen and oxygen atoms in total. The lowest BCUT2D eigenvalue weighted by Gasteiger charge is -2.14. The van der Waals surface area contributed by atoms with Gasteiger partial charge in [0.05, 0.1) is 0 Å². The summed E-state index contributed by atoms with van der Waals surface area (Å²) in [5.74, 6) is -1.26. The van der Waals surface area contributed by atoms with Crippen molar-refractivity contribution >= 4 is 22.7 Å². The molecule has 4 heteroatoms. The van der Waals surface area contributed by atoms with Crippen molar-refractivity contribution in [3.05, 3.63) is 48.0 Å². The molecule has 0 saturated carbocycles. The van der Waals surface area contributed by atoms with Gasteiger partial charge in [0.1, 0.15) is 6.10 Å². The molecule has 1 unspecified atom stereocenters. The van der Waals surface area contributed by atoms with Crippen LogP contribution in [0.1, 0.15) is 37.9 Å². The molecule has 0 fully saturated rings. The highest BCUT2D eigenvalue weighted by molar-refractivity contribution is 5.83. The van der Waals surface area contributed by atoms with E-state index < -0.39 is 5.97 Å². The van der Waals surface area contributed by atoms with Crippen LogP contribution in [0.25, 0.3) is 10.8 Å². The van der Waals surface area contributed by atoms with Crippen LogP contribution in [-0.4, -0.2) is 17.0 Å². The zero-order valence-corrected chi connectivity index (χ0v) is 11.9. The van der Waals surface area contributed by atoms with Gasteiger partial charge in [-0.3, -0.25) is 9.59 Å². The summed E-state index contributed by atoms with van der Waals surface area (Å²) in [5, 5.41) is 10.8. The van der Waals surface area contributed by atoms with E-state index in [1.807, 2.05) is 49.4 Å². The van der Waals surface area contributed by atoms with E-state index in [-0.39, 0.29) is 24.9 Å². The molecule has 0 radical (unpaired) electrons. The summed E-state index contributed by atoms with van der Waals surface area (Å²) in [6, 6.07) is 13.9. The minimum atomic E-state index is -0.898. The normalized spacial score (nSPS) is 12.0. The molecule has 2 aromatic carbocycles. The molecule has 0 aliphatic heterocycles. The van der Waals surface area contributed by atoms with Gasteiger partial charge in [-0.05, 0) is 35.7 Å². The first-order valence-corrected chi connectivity index (χ1v) is 6.96. The first kappa shape index (κ1) is 15.0. The van der Waals surface area contributed by atoms with Crippen molar-refractivity contribution in [3.8, 4) is 0 Å². The van der Waals surface area contributed by atoms with E-state index in [9.17, 15) is 9.59 Å². The summed E-state index contributed by atoms with van der Waals surface area (Å²) in [5.41, 5.74) is 0.931. The van der Waals surface area contributed by atoms with Gasteiger partial charge in [0.15, 0.2) is 0 Å². The minimum absolute atomic E-state index is 0.0144. The highest BCUT2D eigenvalue weighted by Gasteiger charge is 2.12. The Balaban J connectivity index is 1.96. The fourth-order valence-electron chi connectivity index (χ4n) is 2.17. The Morgan fingerprint density at radius 3 is 2.52 bits per heavy atom. The van der Waals surface area contributed by atoms with Crippen molar-refractivity contribution in [3.63, 3.8) is 0 Å².